The molecule has 10 heteroatoms. The predicted octanol–water partition coefficient (Wildman–Crippen LogP) is 3.83. The Labute approximate surface area is 182 Å². The van der Waals surface area contributed by atoms with Gasteiger partial charge >= 0.3 is 6.09 Å². The van der Waals surface area contributed by atoms with E-state index in [1.807, 2.05) is 18.2 Å². The lowest BCUT2D eigenvalue weighted by Crippen LogP contribution is -2.39. The van der Waals surface area contributed by atoms with Crippen molar-refractivity contribution < 1.29 is 19.4 Å². The molecular weight excluding hydrogens is 418 g/mol. The normalized spacial score (nSPS) is 18.4. The zero-order valence-electron chi connectivity index (χ0n) is 16.9. The molecule has 0 atom stereocenters. The standard InChI is InChI=1S/C21H23N5O4S/c1-22-19(27)17-10-15(8-9-23-17)30-14-6-7-16-18(11-14)31-20(26-16)24-12-2-4-13(5-3-12)25-21(28)29/h6-13,25H,2-5H2,1H3,(H,22,27)(H,24,26)(H,28,29). The first-order valence-corrected chi connectivity index (χ1v) is 10.8. The van der Waals surface area contributed by atoms with E-state index < -0.39 is 6.09 Å². The third-order valence-corrected chi connectivity index (χ3v) is 6.12. The van der Waals surface area contributed by atoms with Gasteiger partial charge in [-0.05, 0) is 43.9 Å². The molecule has 0 spiro atoms. The number of amides is 2. The minimum atomic E-state index is -0.961. The van der Waals surface area contributed by atoms with Crippen molar-refractivity contribution in [2.24, 2.45) is 0 Å². The summed E-state index contributed by atoms with van der Waals surface area (Å²) in [7, 11) is 1.56. The van der Waals surface area contributed by atoms with E-state index in [2.05, 4.69) is 25.9 Å². The van der Waals surface area contributed by atoms with Crippen LogP contribution in [0.4, 0.5) is 9.93 Å². The lowest BCUT2D eigenvalue weighted by Gasteiger charge is -2.28. The first kappa shape index (κ1) is 20.9. The van der Waals surface area contributed by atoms with Gasteiger partial charge in [-0.2, -0.15) is 0 Å². The van der Waals surface area contributed by atoms with Crippen LogP contribution in [0.2, 0.25) is 0 Å². The molecule has 9 nitrogen and oxygen atoms in total. The van der Waals surface area contributed by atoms with Crippen LogP contribution in [-0.4, -0.2) is 46.2 Å². The summed E-state index contributed by atoms with van der Waals surface area (Å²) in [6.45, 7) is 0. The Morgan fingerprint density at radius 2 is 1.84 bits per heavy atom. The second-order valence-corrected chi connectivity index (χ2v) is 8.38. The smallest absolute Gasteiger partial charge is 0.404 e. The van der Waals surface area contributed by atoms with Gasteiger partial charge in [-0.15, -0.1) is 0 Å². The molecule has 31 heavy (non-hydrogen) atoms. The Morgan fingerprint density at radius 1 is 1.10 bits per heavy atom. The van der Waals surface area contributed by atoms with Crippen molar-refractivity contribution in [3.05, 3.63) is 42.2 Å². The summed E-state index contributed by atoms with van der Waals surface area (Å²) in [5.74, 6) is 0.909. The van der Waals surface area contributed by atoms with Gasteiger partial charge in [0.2, 0.25) is 0 Å². The van der Waals surface area contributed by atoms with Crippen molar-refractivity contribution in [2.45, 2.75) is 37.8 Å². The number of aromatic nitrogens is 2. The van der Waals surface area contributed by atoms with Crippen LogP contribution in [0.25, 0.3) is 10.2 Å². The summed E-state index contributed by atoms with van der Waals surface area (Å²) in [4.78, 5) is 31.2. The van der Waals surface area contributed by atoms with Crippen LogP contribution in [-0.2, 0) is 0 Å². The summed E-state index contributed by atoms with van der Waals surface area (Å²) in [5.41, 5.74) is 1.17. The molecule has 4 N–H and O–H groups in total. The number of nitrogens with one attached hydrogen (secondary N) is 3. The Kier molecular flexibility index (Phi) is 6.17. The average molecular weight is 442 g/mol. The molecule has 0 bridgehead atoms. The molecule has 0 saturated heterocycles. The zero-order chi connectivity index (χ0) is 21.8. The molecule has 1 aromatic carbocycles. The van der Waals surface area contributed by atoms with E-state index in [9.17, 15) is 9.59 Å². The van der Waals surface area contributed by atoms with Gasteiger partial charge in [0.05, 0.1) is 10.2 Å². The van der Waals surface area contributed by atoms with Gasteiger partial charge in [-0.3, -0.25) is 9.78 Å². The average Bonchev–Trinajstić information content (AvgIpc) is 3.16. The number of benzene rings is 1. The van der Waals surface area contributed by atoms with Crippen molar-refractivity contribution in [3.63, 3.8) is 0 Å². The Hall–Kier alpha value is -3.40. The first-order valence-electron chi connectivity index (χ1n) is 10.0. The van der Waals surface area contributed by atoms with E-state index in [1.165, 1.54) is 6.20 Å². The highest BCUT2D eigenvalue weighted by Gasteiger charge is 2.23. The van der Waals surface area contributed by atoms with Crippen LogP contribution in [0, 0.1) is 0 Å². The first-order chi connectivity index (χ1) is 15.0. The number of carbonyl (C=O) groups excluding carboxylic acids is 1. The number of nitrogens with zero attached hydrogens (tertiary/aromatic N) is 2. The second-order valence-electron chi connectivity index (χ2n) is 7.35. The fraction of sp³-hybridized carbons (Fsp3) is 0.333. The maximum Gasteiger partial charge on any atom is 0.404 e. The second kappa shape index (κ2) is 9.17. The van der Waals surface area contributed by atoms with Crippen LogP contribution in [0.5, 0.6) is 11.5 Å². The number of carboxylic acid groups (broad SMARTS) is 1. The highest BCUT2D eigenvalue weighted by Crippen LogP contribution is 2.33. The fourth-order valence-electron chi connectivity index (χ4n) is 3.62. The Balaban J connectivity index is 1.41. The molecular formula is C21H23N5O4S. The quantitative estimate of drug-likeness (QED) is 0.458. The Morgan fingerprint density at radius 3 is 2.58 bits per heavy atom. The van der Waals surface area contributed by atoms with Gasteiger partial charge in [0.25, 0.3) is 5.91 Å². The summed E-state index contributed by atoms with van der Waals surface area (Å²) < 4.78 is 6.90. The number of carbonyl (C=O) groups is 2. The number of rotatable bonds is 6. The number of anilines is 1. The largest absolute Gasteiger partial charge is 0.465 e. The maximum atomic E-state index is 11.8. The molecule has 4 rings (SSSR count). The number of ether oxygens (including phenoxy) is 1. The highest BCUT2D eigenvalue weighted by atomic mass is 32.1. The fourth-order valence-corrected chi connectivity index (χ4v) is 4.60. The molecule has 0 radical (unpaired) electrons. The molecule has 2 heterocycles. The number of fused-ring (bicyclic) bond motifs is 1. The van der Waals surface area contributed by atoms with Crippen LogP contribution in [0.3, 0.4) is 0 Å². The van der Waals surface area contributed by atoms with E-state index in [1.54, 1.807) is 30.5 Å². The summed E-state index contributed by atoms with van der Waals surface area (Å²) in [5, 5.41) is 18.3. The number of hydrogen-bond donors (Lipinski definition) is 4. The molecule has 1 fully saturated rings. The molecule has 0 aliphatic heterocycles. The topological polar surface area (TPSA) is 125 Å². The molecule has 2 amide bonds. The van der Waals surface area contributed by atoms with E-state index >= 15 is 0 Å². The number of thiazole rings is 1. The van der Waals surface area contributed by atoms with E-state index in [0.29, 0.717) is 17.2 Å². The zero-order valence-corrected chi connectivity index (χ0v) is 17.7. The SMILES string of the molecule is CNC(=O)c1cc(Oc2ccc3nc(NC4CCC(NC(=O)O)CC4)sc3c2)ccn1. The summed E-state index contributed by atoms with van der Waals surface area (Å²) in [6.07, 6.45) is 3.99. The summed E-state index contributed by atoms with van der Waals surface area (Å²) in [6, 6.07) is 9.27. The Bertz CT molecular complexity index is 1090. The molecule has 2 aromatic heterocycles. The molecule has 1 saturated carbocycles. The minimum absolute atomic E-state index is 0.0303. The monoisotopic (exact) mass is 441 g/mol. The van der Waals surface area contributed by atoms with Crippen molar-refractivity contribution in [1.82, 2.24) is 20.6 Å². The van der Waals surface area contributed by atoms with Gasteiger partial charge < -0.3 is 25.8 Å². The van der Waals surface area contributed by atoms with Crippen molar-refractivity contribution in [1.29, 1.82) is 0 Å². The predicted molar refractivity (Wildman–Crippen MR) is 118 cm³/mol. The molecule has 0 unspecified atom stereocenters. The lowest BCUT2D eigenvalue weighted by molar-refractivity contribution is 0.0957. The van der Waals surface area contributed by atoms with Gasteiger partial charge in [-0.25, -0.2) is 9.78 Å². The van der Waals surface area contributed by atoms with Gasteiger partial charge in [-0.1, -0.05) is 11.3 Å². The van der Waals surface area contributed by atoms with Gasteiger partial charge in [0.1, 0.15) is 17.2 Å². The van der Waals surface area contributed by atoms with Gasteiger partial charge in [0, 0.05) is 37.5 Å². The minimum Gasteiger partial charge on any atom is -0.465 e. The third kappa shape index (κ3) is 5.21. The van der Waals surface area contributed by atoms with Crippen molar-refractivity contribution in [2.75, 3.05) is 12.4 Å². The van der Waals surface area contributed by atoms with E-state index in [-0.39, 0.29) is 18.0 Å². The van der Waals surface area contributed by atoms with Crippen LogP contribution >= 0.6 is 11.3 Å². The van der Waals surface area contributed by atoms with Crippen molar-refractivity contribution >= 4 is 38.7 Å². The molecule has 1 aliphatic rings. The van der Waals surface area contributed by atoms with Crippen LogP contribution in [0.15, 0.2) is 36.5 Å². The maximum absolute atomic E-state index is 11.8. The molecule has 162 valence electrons. The highest BCUT2D eigenvalue weighted by molar-refractivity contribution is 7.22. The van der Waals surface area contributed by atoms with Gasteiger partial charge in [0.15, 0.2) is 5.13 Å². The third-order valence-electron chi connectivity index (χ3n) is 5.17. The summed E-state index contributed by atoms with van der Waals surface area (Å²) >= 11 is 1.55. The molecule has 3 aromatic rings. The molecule has 1 aliphatic carbocycles. The van der Waals surface area contributed by atoms with Crippen molar-refractivity contribution in [3.8, 4) is 11.5 Å². The van der Waals surface area contributed by atoms with Crippen LogP contribution in [0.1, 0.15) is 36.2 Å². The van der Waals surface area contributed by atoms with E-state index in [0.717, 1.165) is 41.0 Å². The number of hydrogen-bond acceptors (Lipinski definition) is 7. The van der Waals surface area contributed by atoms with E-state index in [4.69, 9.17) is 9.84 Å². The number of pyridine rings is 1. The lowest BCUT2D eigenvalue weighted by atomic mass is 9.91. The van der Waals surface area contributed by atoms with Crippen LogP contribution < -0.4 is 20.7 Å².